The van der Waals surface area contributed by atoms with Crippen LogP contribution in [0.2, 0.25) is 0 Å². The van der Waals surface area contributed by atoms with E-state index in [9.17, 15) is 5.11 Å². The third-order valence-electron chi connectivity index (χ3n) is 4.23. The monoisotopic (exact) mass is 483 g/mol. The molecule has 5 nitrogen and oxygen atoms in total. The first kappa shape index (κ1) is 23.2. The van der Waals surface area contributed by atoms with Gasteiger partial charge in [0.05, 0.1) is 13.2 Å². The molecule has 0 radical (unpaired) electrons. The summed E-state index contributed by atoms with van der Waals surface area (Å²) in [5.41, 5.74) is 1.11. The van der Waals surface area contributed by atoms with Crippen LogP contribution >= 0.6 is 24.0 Å². The van der Waals surface area contributed by atoms with E-state index in [2.05, 4.69) is 22.5 Å². The Kier molecular flexibility index (Phi) is 11.5. The van der Waals surface area contributed by atoms with Crippen molar-refractivity contribution in [1.82, 2.24) is 10.6 Å². The lowest BCUT2D eigenvalue weighted by atomic mass is 10.0. The van der Waals surface area contributed by atoms with Crippen LogP contribution in [-0.4, -0.2) is 43.9 Å². The van der Waals surface area contributed by atoms with Gasteiger partial charge in [-0.2, -0.15) is 0 Å². The van der Waals surface area contributed by atoms with Crippen LogP contribution in [-0.2, 0) is 0 Å². The van der Waals surface area contributed by atoms with Crippen LogP contribution in [0.5, 0.6) is 5.75 Å². The van der Waals surface area contributed by atoms with E-state index in [4.69, 9.17) is 4.74 Å². The molecular weight excluding hydrogens is 453 g/mol. The van der Waals surface area contributed by atoms with Crippen molar-refractivity contribution in [2.24, 2.45) is 4.99 Å². The average molecular weight is 483 g/mol. The molecular formula is C21H30IN3O2. The van der Waals surface area contributed by atoms with Crippen molar-refractivity contribution in [1.29, 1.82) is 0 Å². The van der Waals surface area contributed by atoms with Crippen molar-refractivity contribution in [3.05, 3.63) is 66.2 Å². The highest BCUT2D eigenvalue weighted by atomic mass is 127. The minimum Gasteiger partial charge on any atom is -0.489 e. The summed E-state index contributed by atoms with van der Waals surface area (Å²) >= 11 is 0. The molecule has 2 atom stereocenters. The maximum absolute atomic E-state index is 9.67. The Morgan fingerprint density at radius 2 is 1.59 bits per heavy atom. The normalized spacial score (nSPS) is 13.2. The van der Waals surface area contributed by atoms with Gasteiger partial charge in [-0.25, -0.2) is 0 Å². The van der Waals surface area contributed by atoms with Crippen molar-refractivity contribution in [2.45, 2.75) is 25.4 Å². The number of nitrogens with one attached hydrogen (secondary N) is 2. The Morgan fingerprint density at radius 1 is 1.00 bits per heavy atom. The third kappa shape index (κ3) is 8.17. The molecule has 2 rings (SSSR count). The average Bonchev–Trinajstić information content (AvgIpc) is 2.71. The lowest BCUT2D eigenvalue weighted by Crippen LogP contribution is -2.44. The van der Waals surface area contributed by atoms with Crippen molar-refractivity contribution in [2.75, 3.05) is 26.7 Å². The number of ether oxygens (including phenoxy) is 1. The van der Waals surface area contributed by atoms with Gasteiger partial charge in [0.2, 0.25) is 0 Å². The SMILES string of the molecule is CCC(CNC(=NC)NCC(CO)c1ccccc1)Oc1ccccc1.I. The summed E-state index contributed by atoms with van der Waals surface area (Å²) in [6, 6.07) is 19.8. The summed E-state index contributed by atoms with van der Waals surface area (Å²) in [5, 5.41) is 16.3. The molecule has 0 bridgehead atoms. The first-order valence-corrected chi connectivity index (χ1v) is 9.08. The standard InChI is InChI=1S/C21H29N3O2.HI/c1-3-19(26-20-12-8-5-9-13-20)15-24-21(22-2)23-14-18(16-25)17-10-6-4-7-11-17;/h4-13,18-19,25H,3,14-16H2,1-2H3,(H2,22,23,24);1H. The number of halogens is 1. The predicted molar refractivity (Wildman–Crippen MR) is 122 cm³/mol. The molecule has 0 saturated heterocycles. The number of nitrogens with zero attached hydrogens (tertiary/aromatic N) is 1. The minimum atomic E-state index is 0. The van der Waals surface area contributed by atoms with E-state index >= 15 is 0 Å². The molecule has 0 spiro atoms. The van der Waals surface area contributed by atoms with Crippen LogP contribution in [0, 0.1) is 0 Å². The van der Waals surface area contributed by atoms with Crippen molar-refractivity contribution >= 4 is 29.9 Å². The van der Waals surface area contributed by atoms with Crippen LogP contribution in [0.25, 0.3) is 0 Å². The second-order valence-corrected chi connectivity index (χ2v) is 6.09. The van der Waals surface area contributed by atoms with Crippen molar-refractivity contribution < 1.29 is 9.84 Å². The quantitative estimate of drug-likeness (QED) is 0.291. The van der Waals surface area contributed by atoms with Crippen molar-refractivity contribution in [3.63, 3.8) is 0 Å². The lowest BCUT2D eigenvalue weighted by molar-refractivity contribution is 0.199. The zero-order chi connectivity index (χ0) is 18.6. The van der Waals surface area contributed by atoms with E-state index in [1.807, 2.05) is 60.7 Å². The van der Waals surface area contributed by atoms with Gasteiger partial charge in [-0.15, -0.1) is 24.0 Å². The van der Waals surface area contributed by atoms with Gasteiger partial charge in [0.1, 0.15) is 11.9 Å². The summed E-state index contributed by atoms with van der Waals surface area (Å²) < 4.78 is 5.99. The van der Waals surface area contributed by atoms with E-state index in [1.165, 1.54) is 0 Å². The van der Waals surface area contributed by atoms with Crippen LogP contribution in [0.15, 0.2) is 65.7 Å². The van der Waals surface area contributed by atoms with Crippen LogP contribution in [0.4, 0.5) is 0 Å². The van der Waals surface area contributed by atoms with Gasteiger partial charge >= 0.3 is 0 Å². The first-order valence-electron chi connectivity index (χ1n) is 9.08. The van der Waals surface area contributed by atoms with Crippen molar-refractivity contribution in [3.8, 4) is 5.75 Å². The van der Waals surface area contributed by atoms with Gasteiger partial charge in [-0.3, -0.25) is 4.99 Å². The molecule has 2 aromatic carbocycles. The van der Waals surface area contributed by atoms with Crippen LogP contribution < -0.4 is 15.4 Å². The zero-order valence-corrected chi connectivity index (χ0v) is 18.3. The van der Waals surface area contributed by atoms with Gasteiger partial charge in [-0.05, 0) is 24.1 Å². The Hall–Kier alpha value is -1.80. The molecule has 2 unspecified atom stereocenters. The smallest absolute Gasteiger partial charge is 0.191 e. The number of hydrogen-bond acceptors (Lipinski definition) is 3. The number of rotatable bonds is 9. The first-order chi connectivity index (χ1) is 12.8. The third-order valence-corrected chi connectivity index (χ3v) is 4.23. The number of guanidine groups is 1. The molecule has 0 amide bonds. The molecule has 6 heteroatoms. The van der Waals surface area contributed by atoms with E-state index in [-0.39, 0.29) is 42.6 Å². The molecule has 0 aliphatic heterocycles. The van der Waals surface area contributed by atoms with E-state index in [1.54, 1.807) is 7.05 Å². The molecule has 27 heavy (non-hydrogen) atoms. The van der Waals surface area contributed by atoms with Gasteiger partial charge in [0.25, 0.3) is 0 Å². The second-order valence-electron chi connectivity index (χ2n) is 6.09. The van der Waals surface area contributed by atoms with E-state index in [0.717, 1.165) is 17.7 Å². The summed E-state index contributed by atoms with van der Waals surface area (Å²) in [7, 11) is 1.74. The van der Waals surface area contributed by atoms with Gasteiger partial charge < -0.3 is 20.5 Å². The Balaban J connectivity index is 0.00000364. The maximum atomic E-state index is 9.67. The molecule has 3 N–H and O–H groups in total. The fraction of sp³-hybridized carbons (Fsp3) is 0.381. The fourth-order valence-corrected chi connectivity index (χ4v) is 2.62. The lowest BCUT2D eigenvalue weighted by Gasteiger charge is -2.21. The number of aliphatic hydroxyl groups is 1. The van der Waals surface area contributed by atoms with Crippen LogP contribution in [0.1, 0.15) is 24.8 Å². The topological polar surface area (TPSA) is 65.9 Å². The molecule has 0 heterocycles. The number of aliphatic hydroxyl groups excluding tert-OH is 1. The molecule has 0 aliphatic carbocycles. The molecule has 148 valence electrons. The van der Waals surface area contributed by atoms with E-state index < -0.39 is 0 Å². The Morgan fingerprint density at radius 3 is 2.15 bits per heavy atom. The Bertz CT molecular complexity index is 653. The minimum absolute atomic E-state index is 0. The molecule has 0 aromatic heterocycles. The van der Waals surface area contributed by atoms with Gasteiger partial charge in [-0.1, -0.05) is 55.5 Å². The number of benzene rings is 2. The fourth-order valence-electron chi connectivity index (χ4n) is 2.62. The molecule has 2 aromatic rings. The number of para-hydroxylation sites is 1. The molecule has 0 saturated carbocycles. The Labute approximate surface area is 179 Å². The number of aliphatic imine (C=N–C) groups is 1. The predicted octanol–water partition coefficient (Wildman–Crippen LogP) is 3.40. The number of hydrogen-bond donors (Lipinski definition) is 3. The van der Waals surface area contributed by atoms with Gasteiger partial charge in [0.15, 0.2) is 5.96 Å². The summed E-state index contributed by atoms with van der Waals surface area (Å²) in [4.78, 5) is 4.26. The molecule has 0 fully saturated rings. The second kappa shape index (κ2) is 13.4. The summed E-state index contributed by atoms with van der Waals surface area (Å²) in [5.74, 6) is 1.60. The largest absolute Gasteiger partial charge is 0.489 e. The van der Waals surface area contributed by atoms with Crippen LogP contribution in [0.3, 0.4) is 0 Å². The summed E-state index contributed by atoms with van der Waals surface area (Å²) in [6.45, 7) is 3.45. The maximum Gasteiger partial charge on any atom is 0.191 e. The zero-order valence-electron chi connectivity index (χ0n) is 16.0. The highest BCUT2D eigenvalue weighted by Crippen LogP contribution is 2.14. The molecule has 0 aliphatic rings. The van der Waals surface area contributed by atoms with E-state index in [0.29, 0.717) is 19.0 Å². The summed E-state index contributed by atoms with van der Waals surface area (Å²) in [6.07, 6.45) is 0.945. The highest BCUT2D eigenvalue weighted by molar-refractivity contribution is 14.0. The highest BCUT2D eigenvalue weighted by Gasteiger charge is 2.12. The van der Waals surface area contributed by atoms with Gasteiger partial charge in [0, 0.05) is 19.5 Å².